The van der Waals surface area contributed by atoms with Crippen LogP contribution < -0.4 is 11.1 Å². The Morgan fingerprint density at radius 2 is 2.00 bits per heavy atom. The van der Waals surface area contributed by atoms with Gasteiger partial charge in [-0.25, -0.2) is 0 Å². The second-order valence-corrected chi connectivity index (χ2v) is 6.78. The van der Waals surface area contributed by atoms with Crippen molar-refractivity contribution >= 4 is 34.7 Å². The number of carbonyl (C=O) groups excluding carboxylic acids is 3. The predicted octanol–water partition coefficient (Wildman–Crippen LogP) is 2.34. The summed E-state index contributed by atoms with van der Waals surface area (Å²) in [4.78, 5) is 38.2. The van der Waals surface area contributed by atoms with Crippen LogP contribution in [0.25, 0.3) is 0 Å². The topological polar surface area (TPSA) is 92.5 Å². The zero-order chi connectivity index (χ0) is 17.8. The number of hydrogen-bond donors (Lipinski definition) is 2. The van der Waals surface area contributed by atoms with Gasteiger partial charge < -0.3 is 16.0 Å². The first-order valence-corrected chi connectivity index (χ1v) is 9.01. The molecule has 1 aromatic carbocycles. The van der Waals surface area contributed by atoms with Crippen molar-refractivity contribution in [3.8, 4) is 0 Å². The molecule has 0 radical (unpaired) electrons. The van der Waals surface area contributed by atoms with E-state index in [1.807, 2.05) is 5.38 Å². The van der Waals surface area contributed by atoms with Gasteiger partial charge >= 0.3 is 0 Å². The van der Waals surface area contributed by atoms with Crippen LogP contribution in [0.1, 0.15) is 33.6 Å². The zero-order valence-corrected chi connectivity index (χ0v) is 14.4. The van der Waals surface area contributed by atoms with Crippen LogP contribution in [-0.2, 0) is 4.79 Å². The van der Waals surface area contributed by atoms with Crippen molar-refractivity contribution in [1.29, 1.82) is 0 Å². The van der Waals surface area contributed by atoms with Gasteiger partial charge in [0.1, 0.15) is 0 Å². The van der Waals surface area contributed by atoms with Crippen LogP contribution in [0.2, 0.25) is 0 Å². The number of benzene rings is 1. The van der Waals surface area contributed by atoms with E-state index in [1.54, 1.807) is 40.6 Å². The molecule has 3 N–H and O–H groups in total. The molecule has 1 unspecified atom stereocenters. The third-order valence-corrected chi connectivity index (χ3v) is 4.98. The van der Waals surface area contributed by atoms with Crippen molar-refractivity contribution in [3.05, 3.63) is 52.2 Å². The number of amides is 3. The highest BCUT2D eigenvalue weighted by Crippen LogP contribution is 2.23. The number of rotatable bonds is 4. The number of nitrogens with two attached hydrogens (primary N) is 1. The van der Waals surface area contributed by atoms with Gasteiger partial charge in [0.25, 0.3) is 11.8 Å². The third-order valence-electron chi connectivity index (χ3n) is 4.30. The first kappa shape index (κ1) is 17.2. The lowest BCUT2D eigenvalue weighted by Crippen LogP contribution is -2.44. The van der Waals surface area contributed by atoms with Gasteiger partial charge in [-0.2, -0.15) is 11.3 Å². The lowest BCUT2D eigenvalue weighted by atomic mass is 9.96. The van der Waals surface area contributed by atoms with E-state index in [2.05, 4.69) is 5.32 Å². The summed E-state index contributed by atoms with van der Waals surface area (Å²) in [6, 6.07) is 8.63. The Morgan fingerprint density at radius 3 is 2.72 bits per heavy atom. The molecule has 1 atom stereocenters. The van der Waals surface area contributed by atoms with Gasteiger partial charge in [-0.1, -0.05) is 12.1 Å². The maximum absolute atomic E-state index is 12.9. The van der Waals surface area contributed by atoms with E-state index >= 15 is 0 Å². The van der Waals surface area contributed by atoms with Crippen LogP contribution >= 0.6 is 11.3 Å². The van der Waals surface area contributed by atoms with Gasteiger partial charge in [-0.15, -0.1) is 0 Å². The lowest BCUT2D eigenvalue weighted by Gasteiger charge is -2.31. The Kier molecular flexibility index (Phi) is 5.14. The summed E-state index contributed by atoms with van der Waals surface area (Å²) < 4.78 is 0. The number of thiophene rings is 1. The Balaban J connectivity index is 1.79. The zero-order valence-electron chi connectivity index (χ0n) is 13.6. The summed E-state index contributed by atoms with van der Waals surface area (Å²) in [5.74, 6) is -1.15. The minimum Gasteiger partial charge on any atom is -0.369 e. The standard InChI is InChI=1S/C18H19N3O3S/c19-16(22)12-4-3-8-21(10-12)18(24)14-5-1-2-6-15(14)20-17(23)13-7-9-25-11-13/h1-2,5-7,9,11-12H,3-4,8,10H2,(H2,19,22)(H,20,23). The lowest BCUT2D eigenvalue weighted by molar-refractivity contribution is -0.123. The minimum absolute atomic E-state index is 0.202. The molecule has 0 saturated carbocycles. The van der Waals surface area contributed by atoms with Crippen LogP contribution in [0.4, 0.5) is 5.69 Å². The normalized spacial score (nSPS) is 17.1. The fourth-order valence-corrected chi connectivity index (χ4v) is 3.57. The van der Waals surface area contributed by atoms with Crippen LogP contribution in [-0.4, -0.2) is 35.7 Å². The van der Waals surface area contributed by atoms with E-state index in [0.29, 0.717) is 36.3 Å². The fraction of sp³-hybridized carbons (Fsp3) is 0.278. The molecule has 2 aromatic rings. The quantitative estimate of drug-likeness (QED) is 0.879. The average molecular weight is 357 g/mol. The molecule has 2 heterocycles. The molecule has 25 heavy (non-hydrogen) atoms. The highest BCUT2D eigenvalue weighted by molar-refractivity contribution is 7.08. The van der Waals surface area contributed by atoms with E-state index in [4.69, 9.17) is 5.73 Å². The molecule has 6 nitrogen and oxygen atoms in total. The molecule has 0 bridgehead atoms. The number of likely N-dealkylation sites (tertiary alicyclic amines) is 1. The van der Waals surface area contributed by atoms with Crippen molar-refractivity contribution in [2.24, 2.45) is 11.7 Å². The molecule has 3 amide bonds. The van der Waals surface area contributed by atoms with Gasteiger partial charge in [0.05, 0.1) is 22.7 Å². The highest BCUT2D eigenvalue weighted by Gasteiger charge is 2.28. The minimum atomic E-state index is -0.378. The fourth-order valence-electron chi connectivity index (χ4n) is 2.93. The summed E-state index contributed by atoms with van der Waals surface area (Å²) in [6.45, 7) is 0.899. The number of anilines is 1. The van der Waals surface area contributed by atoms with Crippen LogP contribution in [0.5, 0.6) is 0 Å². The third kappa shape index (κ3) is 3.88. The summed E-state index contributed by atoms with van der Waals surface area (Å²) in [5.41, 5.74) is 6.82. The number of nitrogens with zero attached hydrogens (tertiary/aromatic N) is 1. The maximum atomic E-state index is 12.9. The highest BCUT2D eigenvalue weighted by atomic mass is 32.1. The largest absolute Gasteiger partial charge is 0.369 e. The molecule has 1 fully saturated rings. The summed E-state index contributed by atoms with van der Waals surface area (Å²) in [7, 11) is 0. The van der Waals surface area contributed by atoms with E-state index < -0.39 is 0 Å². The van der Waals surface area contributed by atoms with Crippen molar-refractivity contribution in [1.82, 2.24) is 4.90 Å². The van der Waals surface area contributed by atoms with Gasteiger partial charge in [0.15, 0.2) is 0 Å². The Bertz CT molecular complexity index is 789. The first-order chi connectivity index (χ1) is 12.1. The molecule has 0 spiro atoms. The second-order valence-electron chi connectivity index (χ2n) is 6.00. The van der Waals surface area contributed by atoms with Crippen LogP contribution in [0.3, 0.4) is 0 Å². The van der Waals surface area contributed by atoms with E-state index in [0.717, 1.165) is 6.42 Å². The SMILES string of the molecule is NC(=O)C1CCCN(C(=O)c2ccccc2NC(=O)c2ccsc2)C1. The molecule has 1 aliphatic heterocycles. The molecule has 1 saturated heterocycles. The summed E-state index contributed by atoms with van der Waals surface area (Å²) in [6.07, 6.45) is 1.44. The number of hydrogen-bond acceptors (Lipinski definition) is 4. The van der Waals surface area contributed by atoms with E-state index in [9.17, 15) is 14.4 Å². The molecule has 1 aromatic heterocycles. The molecule has 1 aliphatic rings. The molecule has 130 valence electrons. The Hall–Kier alpha value is -2.67. The maximum Gasteiger partial charge on any atom is 0.256 e. The van der Waals surface area contributed by atoms with Crippen LogP contribution in [0, 0.1) is 5.92 Å². The Labute approximate surface area is 149 Å². The number of carbonyl (C=O) groups is 3. The monoisotopic (exact) mass is 357 g/mol. The number of primary amides is 1. The second kappa shape index (κ2) is 7.48. The van der Waals surface area contributed by atoms with Crippen molar-refractivity contribution in [2.75, 3.05) is 18.4 Å². The van der Waals surface area contributed by atoms with E-state index in [1.165, 1.54) is 11.3 Å². The number of piperidine rings is 1. The average Bonchev–Trinajstić information content (AvgIpc) is 3.16. The van der Waals surface area contributed by atoms with Gasteiger partial charge in [-0.05, 0) is 36.4 Å². The predicted molar refractivity (Wildman–Crippen MR) is 96.5 cm³/mol. The van der Waals surface area contributed by atoms with Crippen molar-refractivity contribution < 1.29 is 14.4 Å². The van der Waals surface area contributed by atoms with Gasteiger partial charge in [0, 0.05) is 18.5 Å². The number of para-hydroxylation sites is 1. The molecular formula is C18H19N3O3S. The Morgan fingerprint density at radius 1 is 1.20 bits per heavy atom. The smallest absolute Gasteiger partial charge is 0.256 e. The van der Waals surface area contributed by atoms with Gasteiger partial charge in [0.2, 0.25) is 5.91 Å². The summed E-state index contributed by atoms with van der Waals surface area (Å²) in [5, 5.41) is 6.37. The molecular weight excluding hydrogens is 338 g/mol. The van der Waals surface area contributed by atoms with Crippen molar-refractivity contribution in [2.45, 2.75) is 12.8 Å². The van der Waals surface area contributed by atoms with Crippen molar-refractivity contribution in [3.63, 3.8) is 0 Å². The van der Waals surface area contributed by atoms with Gasteiger partial charge in [-0.3, -0.25) is 14.4 Å². The molecule has 0 aliphatic carbocycles. The first-order valence-electron chi connectivity index (χ1n) is 8.07. The molecule has 3 rings (SSSR count). The number of nitrogens with one attached hydrogen (secondary N) is 1. The van der Waals surface area contributed by atoms with Crippen LogP contribution in [0.15, 0.2) is 41.1 Å². The molecule has 7 heteroatoms. The summed E-state index contributed by atoms with van der Waals surface area (Å²) >= 11 is 1.43. The van der Waals surface area contributed by atoms with E-state index in [-0.39, 0.29) is 23.6 Å².